The van der Waals surface area contributed by atoms with E-state index in [0.717, 1.165) is 12.0 Å². The van der Waals surface area contributed by atoms with Crippen LogP contribution in [-0.4, -0.2) is 22.6 Å². The Bertz CT molecular complexity index is 302. The monoisotopic (exact) mass is 209 g/mol. The van der Waals surface area contributed by atoms with Crippen molar-refractivity contribution in [1.82, 2.24) is 9.97 Å². The normalized spacial score (nSPS) is 12.9. The van der Waals surface area contributed by atoms with Crippen molar-refractivity contribution in [3.8, 4) is 5.88 Å². The molecule has 84 valence electrons. The molecule has 4 nitrogen and oxygen atoms in total. The summed E-state index contributed by atoms with van der Waals surface area (Å²) in [5, 5.41) is 0. The summed E-state index contributed by atoms with van der Waals surface area (Å²) >= 11 is 0. The molecule has 1 unspecified atom stereocenters. The number of aromatic nitrogens is 2. The standard InChI is InChI=1S/C11H19N3O/c1-8(2)15-11-10(4-9(3)5-12)6-13-7-14-11/h6-9H,4-5,12H2,1-3H3. The molecule has 0 amide bonds. The molecule has 0 saturated heterocycles. The summed E-state index contributed by atoms with van der Waals surface area (Å²) < 4.78 is 5.60. The molecule has 0 bridgehead atoms. The number of hydrogen-bond acceptors (Lipinski definition) is 4. The molecular formula is C11H19N3O. The highest BCUT2D eigenvalue weighted by molar-refractivity contribution is 5.22. The average Bonchev–Trinajstić information content (AvgIpc) is 2.20. The van der Waals surface area contributed by atoms with Crippen molar-refractivity contribution in [2.75, 3.05) is 6.54 Å². The zero-order chi connectivity index (χ0) is 11.3. The zero-order valence-electron chi connectivity index (χ0n) is 9.60. The molecule has 0 fully saturated rings. The Kier molecular flexibility index (Phi) is 4.49. The van der Waals surface area contributed by atoms with Gasteiger partial charge in [0.05, 0.1) is 6.10 Å². The number of ether oxygens (including phenoxy) is 1. The molecule has 0 aliphatic carbocycles. The van der Waals surface area contributed by atoms with Gasteiger partial charge in [-0.05, 0) is 32.7 Å². The molecule has 1 aromatic heterocycles. The number of nitrogens with two attached hydrogens (primary N) is 1. The molecule has 1 atom stereocenters. The molecule has 0 aliphatic heterocycles. The quantitative estimate of drug-likeness (QED) is 0.796. The van der Waals surface area contributed by atoms with E-state index in [1.807, 2.05) is 13.8 Å². The van der Waals surface area contributed by atoms with Crippen LogP contribution < -0.4 is 10.5 Å². The summed E-state index contributed by atoms with van der Waals surface area (Å²) in [6.45, 7) is 6.73. The summed E-state index contributed by atoms with van der Waals surface area (Å²) in [7, 11) is 0. The van der Waals surface area contributed by atoms with Gasteiger partial charge >= 0.3 is 0 Å². The maximum atomic E-state index is 5.60. The van der Waals surface area contributed by atoms with Gasteiger partial charge in [0.15, 0.2) is 0 Å². The van der Waals surface area contributed by atoms with Crippen molar-refractivity contribution in [1.29, 1.82) is 0 Å². The first-order valence-corrected chi connectivity index (χ1v) is 5.29. The Morgan fingerprint density at radius 2 is 2.13 bits per heavy atom. The molecule has 2 N–H and O–H groups in total. The molecule has 1 aromatic rings. The lowest BCUT2D eigenvalue weighted by molar-refractivity contribution is 0.228. The lowest BCUT2D eigenvalue weighted by Crippen LogP contribution is -2.15. The van der Waals surface area contributed by atoms with Crippen molar-refractivity contribution >= 4 is 0 Å². The van der Waals surface area contributed by atoms with E-state index in [2.05, 4.69) is 16.9 Å². The second-order valence-electron chi connectivity index (χ2n) is 4.06. The lowest BCUT2D eigenvalue weighted by Gasteiger charge is -2.14. The third-order valence-corrected chi connectivity index (χ3v) is 2.06. The lowest BCUT2D eigenvalue weighted by atomic mass is 10.0. The number of nitrogens with zero attached hydrogens (tertiary/aromatic N) is 2. The van der Waals surface area contributed by atoms with E-state index >= 15 is 0 Å². The summed E-state index contributed by atoms with van der Waals surface area (Å²) in [5.41, 5.74) is 6.62. The van der Waals surface area contributed by atoms with Gasteiger partial charge in [-0.3, -0.25) is 0 Å². The smallest absolute Gasteiger partial charge is 0.219 e. The van der Waals surface area contributed by atoms with Gasteiger partial charge in [0, 0.05) is 11.8 Å². The average molecular weight is 209 g/mol. The van der Waals surface area contributed by atoms with Crippen molar-refractivity contribution in [3.63, 3.8) is 0 Å². The maximum Gasteiger partial charge on any atom is 0.219 e. The van der Waals surface area contributed by atoms with Crippen LogP contribution in [0.3, 0.4) is 0 Å². The van der Waals surface area contributed by atoms with Crippen molar-refractivity contribution in [3.05, 3.63) is 18.1 Å². The Morgan fingerprint density at radius 3 is 2.73 bits per heavy atom. The fourth-order valence-corrected chi connectivity index (χ4v) is 1.28. The van der Waals surface area contributed by atoms with Gasteiger partial charge < -0.3 is 10.5 Å². The molecule has 4 heteroatoms. The van der Waals surface area contributed by atoms with E-state index < -0.39 is 0 Å². The van der Waals surface area contributed by atoms with Gasteiger partial charge in [0.1, 0.15) is 6.33 Å². The van der Waals surface area contributed by atoms with E-state index in [-0.39, 0.29) is 6.10 Å². The fourth-order valence-electron chi connectivity index (χ4n) is 1.28. The van der Waals surface area contributed by atoms with Crippen LogP contribution in [0.25, 0.3) is 0 Å². The van der Waals surface area contributed by atoms with Crippen molar-refractivity contribution in [2.24, 2.45) is 11.7 Å². The summed E-state index contributed by atoms with van der Waals surface area (Å²) in [5.74, 6) is 1.10. The van der Waals surface area contributed by atoms with Gasteiger partial charge in [-0.1, -0.05) is 6.92 Å². The molecule has 0 spiro atoms. The predicted molar refractivity (Wildman–Crippen MR) is 59.7 cm³/mol. The van der Waals surface area contributed by atoms with Gasteiger partial charge in [0.2, 0.25) is 5.88 Å². The second kappa shape index (κ2) is 5.66. The molecule has 0 radical (unpaired) electrons. The van der Waals surface area contributed by atoms with E-state index in [1.54, 1.807) is 6.20 Å². The summed E-state index contributed by atoms with van der Waals surface area (Å²) in [6.07, 6.45) is 4.30. The molecule has 15 heavy (non-hydrogen) atoms. The molecule has 0 aliphatic rings. The second-order valence-corrected chi connectivity index (χ2v) is 4.06. The number of hydrogen-bond donors (Lipinski definition) is 1. The Hall–Kier alpha value is -1.16. The van der Waals surface area contributed by atoms with Crippen LogP contribution in [0.1, 0.15) is 26.3 Å². The predicted octanol–water partition coefficient (Wildman–Crippen LogP) is 1.40. The van der Waals surface area contributed by atoms with Gasteiger partial charge in [0.25, 0.3) is 0 Å². The van der Waals surface area contributed by atoms with Crippen LogP contribution in [0.5, 0.6) is 5.88 Å². The van der Waals surface area contributed by atoms with Gasteiger partial charge in [-0.2, -0.15) is 0 Å². The summed E-state index contributed by atoms with van der Waals surface area (Å²) in [4.78, 5) is 8.14. The molecule has 0 saturated carbocycles. The van der Waals surface area contributed by atoms with Crippen molar-refractivity contribution < 1.29 is 4.74 Å². The molecule has 1 rings (SSSR count). The topological polar surface area (TPSA) is 61.0 Å². The van der Waals surface area contributed by atoms with E-state index in [4.69, 9.17) is 10.5 Å². The SMILES string of the molecule is CC(CN)Cc1cncnc1OC(C)C. The highest BCUT2D eigenvalue weighted by Gasteiger charge is 2.10. The fraction of sp³-hybridized carbons (Fsp3) is 0.636. The largest absolute Gasteiger partial charge is 0.475 e. The molecular weight excluding hydrogens is 190 g/mol. The Morgan fingerprint density at radius 1 is 1.40 bits per heavy atom. The van der Waals surface area contributed by atoms with Crippen LogP contribution in [0.4, 0.5) is 0 Å². The first-order valence-electron chi connectivity index (χ1n) is 5.29. The molecule has 0 aromatic carbocycles. The van der Waals surface area contributed by atoms with Crippen LogP contribution in [0, 0.1) is 5.92 Å². The highest BCUT2D eigenvalue weighted by atomic mass is 16.5. The minimum absolute atomic E-state index is 0.131. The minimum atomic E-state index is 0.131. The Labute approximate surface area is 90.9 Å². The first-order chi connectivity index (χ1) is 7.13. The third kappa shape index (κ3) is 3.83. The Balaban J connectivity index is 2.76. The highest BCUT2D eigenvalue weighted by Crippen LogP contribution is 2.18. The first kappa shape index (κ1) is 11.9. The van der Waals surface area contributed by atoms with E-state index in [9.17, 15) is 0 Å². The van der Waals surface area contributed by atoms with E-state index in [0.29, 0.717) is 18.3 Å². The van der Waals surface area contributed by atoms with Gasteiger partial charge in [-0.15, -0.1) is 0 Å². The van der Waals surface area contributed by atoms with Crippen molar-refractivity contribution in [2.45, 2.75) is 33.3 Å². The van der Waals surface area contributed by atoms with Gasteiger partial charge in [-0.25, -0.2) is 9.97 Å². The maximum absolute atomic E-state index is 5.60. The van der Waals surface area contributed by atoms with Crippen LogP contribution in [-0.2, 0) is 6.42 Å². The van der Waals surface area contributed by atoms with Crippen LogP contribution >= 0.6 is 0 Å². The minimum Gasteiger partial charge on any atom is -0.475 e. The summed E-state index contributed by atoms with van der Waals surface area (Å²) in [6, 6.07) is 0. The van der Waals surface area contributed by atoms with E-state index in [1.165, 1.54) is 6.33 Å². The third-order valence-electron chi connectivity index (χ3n) is 2.06. The zero-order valence-corrected chi connectivity index (χ0v) is 9.60. The van der Waals surface area contributed by atoms with Crippen LogP contribution in [0.2, 0.25) is 0 Å². The van der Waals surface area contributed by atoms with Crippen LogP contribution in [0.15, 0.2) is 12.5 Å². The molecule has 1 heterocycles. The number of rotatable bonds is 5.